The van der Waals surface area contributed by atoms with Gasteiger partial charge < -0.3 is 9.73 Å². The highest BCUT2D eigenvalue weighted by atomic mass is 19.4. The SMILES string of the molecule is FC(F)(F)c1nnc(C2CCCNC2)o1. The van der Waals surface area contributed by atoms with Crippen LogP contribution in [0.5, 0.6) is 0 Å². The van der Waals surface area contributed by atoms with Gasteiger partial charge in [-0.3, -0.25) is 0 Å². The van der Waals surface area contributed by atoms with Crippen LogP contribution in [0, 0.1) is 0 Å². The lowest BCUT2D eigenvalue weighted by Crippen LogP contribution is -2.28. The van der Waals surface area contributed by atoms with Crippen LogP contribution in [0.4, 0.5) is 13.2 Å². The van der Waals surface area contributed by atoms with Crippen LogP contribution in [-0.2, 0) is 6.18 Å². The molecule has 0 aliphatic carbocycles. The first-order valence-electron chi connectivity index (χ1n) is 4.68. The van der Waals surface area contributed by atoms with E-state index in [9.17, 15) is 13.2 Å². The molecule has 1 unspecified atom stereocenters. The second-order valence-electron chi connectivity index (χ2n) is 3.49. The Bertz CT molecular complexity index is 330. The molecule has 1 aromatic heterocycles. The summed E-state index contributed by atoms with van der Waals surface area (Å²) in [5.74, 6) is -1.28. The van der Waals surface area contributed by atoms with Crippen LogP contribution in [0.1, 0.15) is 30.5 Å². The van der Waals surface area contributed by atoms with Crippen LogP contribution in [0.2, 0.25) is 0 Å². The van der Waals surface area contributed by atoms with Crippen molar-refractivity contribution < 1.29 is 17.6 Å². The van der Waals surface area contributed by atoms with Crippen molar-refractivity contribution in [1.82, 2.24) is 15.5 Å². The van der Waals surface area contributed by atoms with Gasteiger partial charge in [-0.05, 0) is 19.4 Å². The summed E-state index contributed by atoms with van der Waals surface area (Å²) in [5.41, 5.74) is 0. The first-order chi connectivity index (χ1) is 7.07. The van der Waals surface area contributed by atoms with Gasteiger partial charge in [0.15, 0.2) is 0 Å². The third-order valence-electron chi connectivity index (χ3n) is 2.33. The number of alkyl halides is 3. The predicted molar refractivity (Wildman–Crippen MR) is 44.1 cm³/mol. The Labute approximate surface area is 83.9 Å². The van der Waals surface area contributed by atoms with Crippen molar-refractivity contribution in [3.63, 3.8) is 0 Å². The Morgan fingerprint density at radius 2 is 2.13 bits per heavy atom. The van der Waals surface area contributed by atoms with E-state index in [1.165, 1.54) is 0 Å². The molecule has 1 aliphatic heterocycles. The van der Waals surface area contributed by atoms with E-state index in [1.54, 1.807) is 0 Å². The molecule has 1 aromatic rings. The van der Waals surface area contributed by atoms with Gasteiger partial charge in [0.2, 0.25) is 5.89 Å². The topological polar surface area (TPSA) is 51.0 Å². The predicted octanol–water partition coefficient (Wildman–Crippen LogP) is 1.56. The van der Waals surface area contributed by atoms with Crippen LogP contribution in [-0.4, -0.2) is 23.3 Å². The van der Waals surface area contributed by atoms with Gasteiger partial charge in [-0.15, -0.1) is 10.2 Å². The third-order valence-corrected chi connectivity index (χ3v) is 2.33. The molecule has 0 amide bonds. The minimum Gasteiger partial charge on any atom is -0.417 e. The molecule has 0 aromatic carbocycles. The molecule has 84 valence electrons. The van der Waals surface area contributed by atoms with Gasteiger partial charge in [0.25, 0.3) is 0 Å². The molecule has 0 saturated carbocycles. The number of hydrogen-bond acceptors (Lipinski definition) is 4. The number of halogens is 3. The van der Waals surface area contributed by atoms with E-state index in [0.717, 1.165) is 19.4 Å². The zero-order valence-corrected chi connectivity index (χ0v) is 7.84. The van der Waals surface area contributed by atoms with Crippen molar-refractivity contribution in [3.8, 4) is 0 Å². The van der Waals surface area contributed by atoms with Crippen molar-refractivity contribution in [2.75, 3.05) is 13.1 Å². The third kappa shape index (κ3) is 2.28. The molecule has 4 nitrogen and oxygen atoms in total. The number of aromatic nitrogens is 2. The second-order valence-corrected chi connectivity index (χ2v) is 3.49. The van der Waals surface area contributed by atoms with Crippen molar-refractivity contribution in [1.29, 1.82) is 0 Å². The van der Waals surface area contributed by atoms with Crippen molar-refractivity contribution in [2.24, 2.45) is 0 Å². The maximum Gasteiger partial charge on any atom is 0.470 e. The van der Waals surface area contributed by atoms with Gasteiger partial charge in [-0.25, -0.2) is 0 Å². The minimum atomic E-state index is -4.55. The monoisotopic (exact) mass is 221 g/mol. The first-order valence-corrected chi connectivity index (χ1v) is 4.68. The fraction of sp³-hybridized carbons (Fsp3) is 0.750. The van der Waals surface area contributed by atoms with E-state index < -0.39 is 12.1 Å². The quantitative estimate of drug-likeness (QED) is 0.781. The van der Waals surface area contributed by atoms with E-state index in [0.29, 0.717) is 6.54 Å². The van der Waals surface area contributed by atoms with E-state index in [-0.39, 0.29) is 11.8 Å². The molecule has 1 N–H and O–H groups in total. The van der Waals surface area contributed by atoms with Gasteiger partial charge in [-0.2, -0.15) is 13.2 Å². The Kier molecular flexibility index (Phi) is 2.64. The van der Waals surface area contributed by atoms with Crippen molar-refractivity contribution in [2.45, 2.75) is 24.9 Å². The molecule has 15 heavy (non-hydrogen) atoms. The van der Waals surface area contributed by atoms with Crippen LogP contribution in [0.3, 0.4) is 0 Å². The van der Waals surface area contributed by atoms with Crippen LogP contribution >= 0.6 is 0 Å². The Morgan fingerprint density at radius 3 is 2.67 bits per heavy atom. The molecule has 1 aliphatic rings. The summed E-state index contributed by atoms with van der Waals surface area (Å²) in [5, 5.41) is 9.50. The highest BCUT2D eigenvalue weighted by Crippen LogP contribution is 2.30. The molecule has 2 rings (SSSR count). The maximum absolute atomic E-state index is 12.2. The van der Waals surface area contributed by atoms with E-state index in [1.807, 2.05) is 0 Å². The van der Waals surface area contributed by atoms with E-state index in [2.05, 4.69) is 19.9 Å². The Hall–Kier alpha value is -1.11. The first kappa shape index (κ1) is 10.4. The van der Waals surface area contributed by atoms with Gasteiger partial charge in [0, 0.05) is 12.5 Å². The number of piperidine rings is 1. The van der Waals surface area contributed by atoms with Gasteiger partial charge in [0.1, 0.15) is 0 Å². The fourth-order valence-corrected chi connectivity index (χ4v) is 1.58. The van der Waals surface area contributed by atoms with E-state index >= 15 is 0 Å². The average Bonchev–Trinajstić information content (AvgIpc) is 2.67. The lowest BCUT2D eigenvalue weighted by Gasteiger charge is -2.18. The number of hydrogen-bond donors (Lipinski definition) is 1. The lowest BCUT2D eigenvalue weighted by atomic mass is 10.00. The molecule has 0 radical (unpaired) electrons. The maximum atomic E-state index is 12.2. The molecule has 0 bridgehead atoms. The molecule has 1 saturated heterocycles. The number of nitrogens with zero attached hydrogens (tertiary/aromatic N) is 2. The highest BCUT2D eigenvalue weighted by molar-refractivity contribution is 4.96. The summed E-state index contributed by atoms with van der Waals surface area (Å²) in [6.45, 7) is 1.48. The van der Waals surface area contributed by atoms with E-state index in [4.69, 9.17) is 0 Å². The fourth-order valence-electron chi connectivity index (χ4n) is 1.58. The summed E-state index contributed by atoms with van der Waals surface area (Å²) in [6, 6.07) is 0. The Morgan fingerprint density at radius 1 is 1.33 bits per heavy atom. The molecule has 0 spiro atoms. The summed E-state index contributed by atoms with van der Waals surface area (Å²) >= 11 is 0. The van der Waals surface area contributed by atoms with Crippen molar-refractivity contribution >= 4 is 0 Å². The van der Waals surface area contributed by atoms with Gasteiger partial charge >= 0.3 is 12.1 Å². The highest BCUT2D eigenvalue weighted by Gasteiger charge is 2.38. The molecule has 2 heterocycles. The number of nitrogens with one attached hydrogen (secondary N) is 1. The van der Waals surface area contributed by atoms with Crippen LogP contribution < -0.4 is 5.32 Å². The molecular weight excluding hydrogens is 211 g/mol. The molecular formula is C8H10F3N3O. The Balaban J connectivity index is 2.12. The minimum absolute atomic E-state index is 0.0783. The second kappa shape index (κ2) is 3.80. The normalized spacial score (nSPS) is 23.0. The van der Waals surface area contributed by atoms with Crippen LogP contribution in [0.15, 0.2) is 4.42 Å². The zero-order valence-electron chi connectivity index (χ0n) is 7.84. The summed E-state index contributed by atoms with van der Waals surface area (Å²) in [7, 11) is 0. The zero-order chi connectivity index (χ0) is 10.9. The van der Waals surface area contributed by atoms with Gasteiger partial charge in [0.05, 0.1) is 0 Å². The number of rotatable bonds is 1. The summed E-state index contributed by atoms with van der Waals surface area (Å²) in [6.07, 6.45) is -2.85. The molecule has 1 fully saturated rings. The van der Waals surface area contributed by atoms with Gasteiger partial charge in [-0.1, -0.05) is 0 Å². The van der Waals surface area contributed by atoms with Crippen LogP contribution in [0.25, 0.3) is 0 Å². The summed E-state index contributed by atoms with van der Waals surface area (Å²) in [4.78, 5) is 0. The largest absolute Gasteiger partial charge is 0.470 e. The standard InChI is InChI=1S/C8H10F3N3O/c9-8(10,11)7-14-13-6(15-7)5-2-1-3-12-4-5/h5,12H,1-4H2. The molecule has 7 heteroatoms. The average molecular weight is 221 g/mol. The smallest absolute Gasteiger partial charge is 0.417 e. The lowest BCUT2D eigenvalue weighted by molar-refractivity contribution is -0.157. The summed E-state index contributed by atoms with van der Waals surface area (Å²) < 4.78 is 41.1. The van der Waals surface area contributed by atoms with Crippen molar-refractivity contribution in [3.05, 3.63) is 11.8 Å². The molecule has 1 atom stereocenters.